The molecule has 0 saturated carbocycles. The summed E-state index contributed by atoms with van der Waals surface area (Å²) in [7, 11) is 0. The Morgan fingerprint density at radius 1 is 1.18 bits per heavy atom. The minimum Gasteiger partial charge on any atom is -0.258 e. The third-order valence-corrected chi connectivity index (χ3v) is 0.896. The average molecular weight is 166 g/mol. The SMILES string of the molecule is Fc1cncc(C(F)(F)F)n1. The second-order valence-electron chi connectivity index (χ2n) is 1.72. The molecule has 60 valence electrons. The van der Waals surface area contributed by atoms with Crippen LogP contribution in [0.5, 0.6) is 0 Å². The Morgan fingerprint density at radius 3 is 2.18 bits per heavy atom. The van der Waals surface area contributed by atoms with E-state index in [9.17, 15) is 17.6 Å². The van der Waals surface area contributed by atoms with Crippen LogP contribution < -0.4 is 0 Å². The molecular formula is C5H2F4N2. The zero-order valence-electron chi connectivity index (χ0n) is 5.06. The largest absolute Gasteiger partial charge is 0.434 e. The standard InChI is InChI=1S/C5H2F4N2/c6-4-2-10-1-3(11-4)5(7,8)9/h1-2H. The van der Waals surface area contributed by atoms with Gasteiger partial charge in [-0.05, 0) is 0 Å². The quantitative estimate of drug-likeness (QED) is 0.547. The van der Waals surface area contributed by atoms with Crippen LogP contribution in [0.2, 0.25) is 0 Å². The maximum atomic E-state index is 12.0. The van der Waals surface area contributed by atoms with Crippen molar-refractivity contribution in [2.75, 3.05) is 0 Å². The van der Waals surface area contributed by atoms with Crippen molar-refractivity contribution in [2.24, 2.45) is 0 Å². The summed E-state index contributed by atoms with van der Waals surface area (Å²) in [5.74, 6) is -1.24. The van der Waals surface area contributed by atoms with Crippen molar-refractivity contribution in [3.63, 3.8) is 0 Å². The molecule has 1 aromatic rings. The minimum atomic E-state index is -4.63. The maximum absolute atomic E-state index is 12.0. The number of rotatable bonds is 0. The first-order chi connectivity index (χ1) is 5.00. The Labute approximate surface area is 58.9 Å². The molecule has 0 aliphatic heterocycles. The maximum Gasteiger partial charge on any atom is 0.434 e. The van der Waals surface area contributed by atoms with Crippen molar-refractivity contribution in [1.29, 1.82) is 0 Å². The van der Waals surface area contributed by atoms with E-state index in [1.165, 1.54) is 0 Å². The highest BCUT2D eigenvalue weighted by Crippen LogP contribution is 2.26. The highest BCUT2D eigenvalue weighted by molar-refractivity contribution is 4.99. The summed E-state index contributed by atoms with van der Waals surface area (Å²) in [4.78, 5) is 5.58. The highest BCUT2D eigenvalue weighted by Gasteiger charge is 2.33. The Morgan fingerprint density at radius 2 is 1.82 bits per heavy atom. The van der Waals surface area contributed by atoms with Gasteiger partial charge in [0, 0.05) is 0 Å². The van der Waals surface area contributed by atoms with Crippen molar-refractivity contribution in [2.45, 2.75) is 6.18 Å². The second-order valence-corrected chi connectivity index (χ2v) is 1.72. The Hall–Kier alpha value is -1.20. The van der Waals surface area contributed by atoms with Gasteiger partial charge in [-0.15, -0.1) is 0 Å². The van der Waals surface area contributed by atoms with Crippen LogP contribution >= 0.6 is 0 Å². The van der Waals surface area contributed by atoms with E-state index in [4.69, 9.17) is 0 Å². The molecule has 1 heterocycles. The summed E-state index contributed by atoms with van der Waals surface area (Å²) >= 11 is 0. The number of aromatic nitrogens is 2. The molecule has 0 spiro atoms. The first kappa shape index (κ1) is 7.90. The van der Waals surface area contributed by atoms with Gasteiger partial charge in [-0.25, -0.2) is 4.98 Å². The molecule has 6 heteroatoms. The summed E-state index contributed by atoms with van der Waals surface area (Å²) in [6.07, 6.45) is -3.56. The van der Waals surface area contributed by atoms with E-state index in [0.29, 0.717) is 12.4 Å². The van der Waals surface area contributed by atoms with Gasteiger partial charge in [-0.1, -0.05) is 0 Å². The number of nitrogens with zero attached hydrogens (tertiary/aromatic N) is 2. The highest BCUT2D eigenvalue weighted by atomic mass is 19.4. The van der Waals surface area contributed by atoms with E-state index in [0.717, 1.165) is 0 Å². The predicted octanol–water partition coefficient (Wildman–Crippen LogP) is 1.63. The minimum absolute atomic E-state index is 0.461. The fourth-order valence-electron chi connectivity index (χ4n) is 0.479. The van der Waals surface area contributed by atoms with Crippen molar-refractivity contribution in [1.82, 2.24) is 9.97 Å². The van der Waals surface area contributed by atoms with Crippen LogP contribution in [-0.4, -0.2) is 9.97 Å². The summed E-state index contributed by atoms with van der Waals surface area (Å²) in [5, 5.41) is 0. The number of hydrogen-bond acceptors (Lipinski definition) is 2. The lowest BCUT2D eigenvalue weighted by Crippen LogP contribution is -2.09. The van der Waals surface area contributed by atoms with Gasteiger partial charge in [0.1, 0.15) is 0 Å². The zero-order chi connectivity index (χ0) is 8.48. The Balaban J connectivity index is 3.06. The van der Waals surface area contributed by atoms with Gasteiger partial charge in [0.25, 0.3) is 0 Å². The van der Waals surface area contributed by atoms with Gasteiger partial charge in [-0.3, -0.25) is 4.98 Å². The number of alkyl halides is 3. The van der Waals surface area contributed by atoms with E-state index < -0.39 is 17.8 Å². The van der Waals surface area contributed by atoms with E-state index >= 15 is 0 Å². The fourth-order valence-corrected chi connectivity index (χ4v) is 0.479. The van der Waals surface area contributed by atoms with Gasteiger partial charge >= 0.3 is 6.18 Å². The predicted molar refractivity (Wildman–Crippen MR) is 27.0 cm³/mol. The Bertz CT molecular complexity index is 257. The lowest BCUT2D eigenvalue weighted by Gasteiger charge is -2.02. The van der Waals surface area contributed by atoms with Crippen LogP contribution in [0.1, 0.15) is 5.69 Å². The van der Waals surface area contributed by atoms with Crippen LogP contribution in [0.3, 0.4) is 0 Å². The summed E-state index contributed by atoms with van der Waals surface area (Å²) < 4.78 is 47.1. The smallest absolute Gasteiger partial charge is 0.258 e. The molecule has 2 nitrogen and oxygen atoms in total. The van der Waals surface area contributed by atoms with E-state index in [-0.39, 0.29) is 0 Å². The molecule has 0 aliphatic carbocycles. The van der Waals surface area contributed by atoms with Crippen LogP contribution in [0.25, 0.3) is 0 Å². The first-order valence-electron chi connectivity index (χ1n) is 2.55. The van der Waals surface area contributed by atoms with Gasteiger partial charge in [0.05, 0.1) is 12.4 Å². The normalized spacial score (nSPS) is 11.6. The lowest BCUT2D eigenvalue weighted by molar-refractivity contribution is -0.141. The first-order valence-corrected chi connectivity index (χ1v) is 2.55. The topological polar surface area (TPSA) is 25.8 Å². The molecule has 0 atom stereocenters. The molecule has 11 heavy (non-hydrogen) atoms. The molecule has 0 fully saturated rings. The molecule has 0 N–H and O–H groups in total. The Kier molecular flexibility index (Phi) is 1.76. The molecule has 0 bridgehead atoms. The van der Waals surface area contributed by atoms with Crippen molar-refractivity contribution in [3.05, 3.63) is 24.0 Å². The molecule has 0 amide bonds. The van der Waals surface area contributed by atoms with Crippen LogP contribution in [0.15, 0.2) is 12.4 Å². The average Bonchev–Trinajstić information content (AvgIpc) is 1.86. The fraction of sp³-hybridized carbons (Fsp3) is 0.200. The van der Waals surface area contributed by atoms with Gasteiger partial charge < -0.3 is 0 Å². The van der Waals surface area contributed by atoms with E-state index in [1.807, 2.05) is 0 Å². The van der Waals surface area contributed by atoms with Crippen molar-refractivity contribution < 1.29 is 17.6 Å². The molecule has 0 radical (unpaired) electrons. The molecule has 0 saturated heterocycles. The van der Waals surface area contributed by atoms with Crippen molar-refractivity contribution >= 4 is 0 Å². The van der Waals surface area contributed by atoms with Crippen molar-refractivity contribution in [3.8, 4) is 0 Å². The summed E-state index contributed by atoms with van der Waals surface area (Å²) in [5.41, 5.74) is -1.32. The third-order valence-electron chi connectivity index (χ3n) is 0.896. The van der Waals surface area contributed by atoms with Gasteiger partial charge in [-0.2, -0.15) is 17.6 Å². The summed E-state index contributed by atoms with van der Waals surface area (Å²) in [6, 6.07) is 0. The monoisotopic (exact) mass is 166 g/mol. The van der Waals surface area contributed by atoms with Crippen LogP contribution in [-0.2, 0) is 6.18 Å². The number of halogens is 4. The second kappa shape index (κ2) is 2.44. The number of hydrogen-bond donors (Lipinski definition) is 0. The van der Waals surface area contributed by atoms with Gasteiger partial charge in [0.15, 0.2) is 5.69 Å². The molecule has 1 aromatic heterocycles. The molecule has 0 aliphatic rings. The molecule has 0 aromatic carbocycles. The molecule has 0 unspecified atom stereocenters. The van der Waals surface area contributed by atoms with E-state index in [1.54, 1.807) is 0 Å². The van der Waals surface area contributed by atoms with Gasteiger partial charge in [0.2, 0.25) is 5.95 Å². The third kappa shape index (κ3) is 1.86. The van der Waals surface area contributed by atoms with Crippen LogP contribution in [0.4, 0.5) is 17.6 Å². The summed E-state index contributed by atoms with van der Waals surface area (Å²) in [6.45, 7) is 0. The zero-order valence-corrected chi connectivity index (χ0v) is 5.06. The molecule has 1 rings (SSSR count). The van der Waals surface area contributed by atoms with E-state index in [2.05, 4.69) is 9.97 Å². The van der Waals surface area contributed by atoms with Crippen LogP contribution in [0, 0.1) is 5.95 Å². The molecular weight excluding hydrogens is 164 g/mol. The lowest BCUT2D eigenvalue weighted by atomic mass is 10.4.